The van der Waals surface area contributed by atoms with Gasteiger partial charge in [0, 0.05) is 30.9 Å². The smallest absolute Gasteiger partial charge is 0.226 e. The van der Waals surface area contributed by atoms with Crippen molar-refractivity contribution < 1.29 is 4.39 Å². The Hall–Kier alpha value is -2.01. The Morgan fingerprint density at radius 3 is 2.91 bits per heavy atom. The van der Waals surface area contributed by atoms with Gasteiger partial charge in [-0.25, -0.2) is 14.4 Å². The summed E-state index contributed by atoms with van der Waals surface area (Å²) in [7, 11) is 0. The lowest BCUT2D eigenvalue weighted by Gasteiger charge is -2.35. The second-order valence-corrected chi connectivity index (χ2v) is 5.76. The molecule has 3 rings (SSSR count). The number of anilines is 1. The third-order valence-corrected chi connectivity index (χ3v) is 4.24. The van der Waals surface area contributed by atoms with E-state index in [-0.39, 0.29) is 11.9 Å². The van der Waals surface area contributed by atoms with Gasteiger partial charge in [0.2, 0.25) is 5.95 Å². The number of hydrogen-bond acceptors (Lipinski definition) is 4. The summed E-state index contributed by atoms with van der Waals surface area (Å²) in [6, 6.07) is 6.99. The number of piperidine rings is 1. The van der Waals surface area contributed by atoms with Gasteiger partial charge < -0.3 is 10.6 Å². The van der Waals surface area contributed by atoms with Crippen LogP contribution in [-0.2, 0) is 0 Å². The third kappa shape index (κ3) is 2.81. The van der Waals surface area contributed by atoms with Crippen LogP contribution in [0, 0.1) is 12.7 Å². The maximum absolute atomic E-state index is 14.1. The lowest BCUT2D eigenvalue weighted by molar-refractivity contribution is 0.458. The molecule has 2 aromatic rings. The Morgan fingerprint density at radius 1 is 1.32 bits per heavy atom. The molecule has 2 heterocycles. The molecule has 116 valence electrons. The molecule has 0 radical (unpaired) electrons. The van der Waals surface area contributed by atoms with Crippen LogP contribution in [0.3, 0.4) is 0 Å². The first-order valence-corrected chi connectivity index (χ1v) is 7.76. The van der Waals surface area contributed by atoms with E-state index in [2.05, 4.69) is 14.9 Å². The van der Waals surface area contributed by atoms with Crippen LogP contribution in [0.1, 0.15) is 24.8 Å². The average Bonchev–Trinajstić information content (AvgIpc) is 2.56. The fourth-order valence-electron chi connectivity index (χ4n) is 3.01. The minimum Gasteiger partial charge on any atom is -0.337 e. The van der Waals surface area contributed by atoms with E-state index in [0.717, 1.165) is 24.9 Å². The van der Waals surface area contributed by atoms with E-state index in [0.29, 0.717) is 23.8 Å². The highest BCUT2D eigenvalue weighted by Crippen LogP contribution is 2.27. The largest absolute Gasteiger partial charge is 0.337 e. The van der Waals surface area contributed by atoms with Gasteiger partial charge in [-0.15, -0.1) is 0 Å². The number of aryl methyl sites for hydroxylation is 1. The first-order chi connectivity index (χ1) is 10.7. The standard InChI is InChI=1S/C17H21FN4/c1-12-11-20-17(22-9-5-4-6-13(22)10-19)21-16(12)14-7-2-3-8-15(14)18/h2-3,7-8,11,13H,4-6,9-10,19H2,1H3. The van der Waals surface area contributed by atoms with Crippen LogP contribution in [0.5, 0.6) is 0 Å². The number of aromatic nitrogens is 2. The van der Waals surface area contributed by atoms with E-state index < -0.39 is 0 Å². The second-order valence-electron chi connectivity index (χ2n) is 5.76. The summed E-state index contributed by atoms with van der Waals surface area (Å²) < 4.78 is 14.1. The first-order valence-electron chi connectivity index (χ1n) is 7.76. The third-order valence-electron chi connectivity index (χ3n) is 4.24. The van der Waals surface area contributed by atoms with E-state index in [1.54, 1.807) is 18.3 Å². The zero-order valence-corrected chi connectivity index (χ0v) is 12.8. The predicted octanol–water partition coefficient (Wildman–Crippen LogP) is 2.91. The topological polar surface area (TPSA) is 55.0 Å². The summed E-state index contributed by atoms with van der Waals surface area (Å²) >= 11 is 0. The van der Waals surface area contributed by atoms with Crippen LogP contribution in [0.4, 0.5) is 10.3 Å². The molecule has 4 nitrogen and oxygen atoms in total. The Labute approximate surface area is 130 Å². The molecule has 1 fully saturated rings. The Balaban J connectivity index is 2.01. The van der Waals surface area contributed by atoms with E-state index in [1.165, 1.54) is 12.5 Å². The fourth-order valence-corrected chi connectivity index (χ4v) is 3.01. The van der Waals surface area contributed by atoms with Gasteiger partial charge in [-0.3, -0.25) is 0 Å². The molecule has 0 aliphatic carbocycles. The maximum Gasteiger partial charge on any atom is 0.226 e. The summed E-state index contributed by atoms with van der Waals surface area (Å²) in [5, 5.41) is 0. The monoisotopic (exact) mass is 300 g/mol. The van der Waals surface area contributed by atoms with E-state index in [4.69, 9.17) is 5.73 Å². The predicted molar refractivity (Wildman–Crippen MR) is 86.2 cm³/mol. The molecule has 0 saturated carbocycles. The highest BCUT2D eigenvalue weighted by molar-refractivity contribution is 5.64. The molecule has 0 bridgehead atoms. The summed E-state index contributed by atoms with van der Waals surface area (Å²) in [4.78, 5) is 11.3. The van der Waals surface area contributed by atoms with Crippen LogP contribution >= 0.6 is 0 Å². The van der Waals surface area contributed by atoms with Gasteiger partial charge in [0.15, 0.2) is 0 Å². The number of nitrogens with two attached hydrogens (primary N) is 1. The molecular weight excluding hydrogens is 279 g/mol. The van der Waals surface area contributed by atoms with Crippen LogP contribution in [0.2, 0.25) is 0 Å². The van der Waals surface area contributed by atoms with Crippen molar-refractivity contribution in [1.82, 2.24) is 9.97 Å². The van der Waals surface area contributed by atoms with Crippen LogP contribution in [0.25, 0.3) is 11.3 Å². The summed E-state index contributed by atoms with van der Waals surface area (Å²) in [5.74, 6) is 0.392. The minimum absolute atomic E-state index is 0.260. The van der Waals surface area contributed by atoms with Crippen molar-refractivity contribution in [2.75, 3.05) is 18.0 Å². The van der Waals surface area contributed by atoms with Gasteiger partial charge in [-0.05, 0) is 43.9 Å². The molecule has 1 aliphatic rings. The quantitative estimate of drug-likeness (QED) is 0.947. The zero-order chi connectivity index (χ0) is 15.5. The Morgan fingerprint density at radius 2 is 2.14 bits per heavy atom. The van der Waals surface area contributed by atoms with Gasteiger partial charge in [0.05, 0.1) is 5.69 Å². The SMILES string of the molecule is Cc1cnc(N2CCCCC2CN)nc1-c1ccccc1F. The van der Waals surface area contributed by atoms with Crippen LogP contribution in [0.15, 0.2) is 30.5 Å². The van der Waals surface area contributed by atoms with Crippen molar-refractivity contribution in [2.24, 2.45) is 5.73 Å². The minimum atomic E-state index is -0.260. The molecular formula is C17H21FN4. The number of benzene rings is 1. The maximum atomic E-state index is 14.1. The second kappa shape index (κ2) is 6.40. The van der Waals surface area contributed by atoms with Crippen molar-refractivity contribution in [3.8, 4) is 11.3 Å². The van der Waals surface area contributed by atoms with Crippen molar-refractivity contribution in [1.29, 1.82) is 0 Å². The normalized spacial score (nSPS) is 18.5. The van der Waals surface area contributed by atoms with Crippen LogP contribution < -0.4 is 10.6 Å². The van der Waals surface area contributed by atoms with E-state index >= 15 is 0 Å². The Kier molecular flexibility index (Phi) is 4.34. The number of nitrogens with zero attached hydrogens (tertiary/aromatic N) is 3. The molecule has 0 spiro atoms. The van der Waals surface area contributed by atoms with Crippen molar-refractivity contribution in [3.63, 3.8) is 0 Å². The first kappa shape index (κ1) is 14.9. The summed E-state index contributed by atoms with van der Waals surface area (Å²) in [5.41, 5.74) is 7.92. The molecule has 1 saturated heterocycles. The van der Waals surface area contributed by atoms with Gasteiger partial charge in [0.1, 0.15) is 5.82 Å². The molecule has 2 N–H and O–H groups in total. The van der Waals surface area contributed by atoms with Gasteiger partial charge in [0.25, 0.3) is 0 Å². The Bertz CT molecular complexity index is 659. The lowest BCUT2D eigenvalue weighted by Crippen LogP contribution is -2.45. The van der Waals surface area contributed by atoms with Gasteiger partial charge in [-0.1, -0.05) is 12.1 Å². The zero-order valence-electron chi connectivity index (χ0n) is 12.8. The summed E-state index contributed by atoms with van der Waals surface area (Å²) in [6.45, 7) is 3.40. The fraction of sp³-hybridized carbons (Fsp3) is 0.412. The molecule has 1 aliphatic heterocycles. The van der Waals surface area contributed by atoms with Gasteiger partial charge in [-0.2, -0.15) is 0 Å². The molecule has 1 unspecified atom stereocenters. The molecule has 0 amide bonds. The number of hydrogen-bond donors (Lipinski definition) is 1. The van der Waals surface area contributed by atoms with E-state index in [9.17, 15) is 4.39 Å². The molecule has 1 aromatic carbocycles. The van der Waals surface area contributed by atoms with Crippen molar-refractivity contribution in [2.45, 2.75) is 32.2 Å². The molecule has 5 heteroatoms. The molecule has 1 atom stereocenters. The summed E-state index contributed by atoms with van der Waals surface area (Å²) in [6.07, 6.45) is 5.13. The van der Waals surface area contributed by atoms with E-state index in [1.807, 2.05) is 13.0 Å². The highest BCUT2D eigenvalue weighted by Gasteiger charge is 2.24. The molecule has 1 aromatic heterocycles. The number of rotatable bonds is 3. The average molecular weight is 300 g/mol. The molecule has 22 heavy (non-hydrogen) atoms. The highest BCUT2D eigenvalue weighted by atomic mass is 19.1. The lowest BCUT2D eigenvalue weighted by atomic mass is 10.0. The van der Waals surface area contributed by atoms with Crippen molar-refractivity contribution >= 4 is 5.95 Å². The van der Waals surface area contributed by atoms with Crippen LogP contribution in [-0.4, -0.2) is 29.1 Å². The number of halogens is 1. The van der Waals surface area contributed by atoms with Gasteiger partial charge >= 0.3 is 0 Å². The van der Waals surface area contributed by atoms with Crippen molar-refractivity contribution in [3.05, 3.63) is 41.8 Å².